The average Bonchev–Trinajstić information content (AvgIpc) is 2.18. The number of rotatable bonds is 2. The second kappa shape index (κ2) is 2.92. The predicted molar refractivity (Wildman–Crippen MR) is 40.8 cm³/mol. The smallest absolute Gasteiger partial charge is 0.0948 e. The van der Waals surface area contributed by atoms with Gasteiger partial charge in [-0.1, -0.05) is 0 Å². The van der Waals surface area contributed by atoms with Crippen LogP contribution in [-0.4, -0.2) is 15.3 Å². The Morgan fingerprint density at radius 3 is 3.00 bits per heavy atom. The summed E-state index contributed by atoms with van der Waals surface area (Å²) in [6.07, 6.45) is 3.68. The van der Waals surface area contributed by atoms with Gasteiger partial charge in [0.1, 0.15) is 0 Å². The molecule has 50 valence electrons. The van der Waals surface area contributed by atoms with E-state index in [1.807, 2.05) is 19.4 Å². The molecule has 0 saturated heterocycles. The normalized spacial score (nSPS) is 10.0. The lowest BCUT2D eigenvalue weighted by molar-refractivity contribution is 0.747. The zero-order valence-corrected chi connectivity index (χ0v) is 6.30. The minimum absolute atomic E-state index is 0.872. The highest BCUT2D eigenvalue weighted by Gasteiger charge is 1.91. The highest BCUT2D eigenvalue weighted by atomic mass is 32.1. The Hall–Kier alpha value is -0.440. The molecule has 0 spiro atoms. The maximum absolute atomic E-state index is 4.11. The largest absolute Gasteiger partial charge is 0.334 e. The zero-order chi connectivity index (χ0) is 6.69. The van der Waals surface area contributed by atoms with Gasteiger partial charge >= 0.3 is 0 Å². The number of hydrogen-bond donors (Lipinski definition) is 1. The van der Waals surface area contributed by atoms with Crippen LogP contribution in [0.15, 0.2) is 12.5 Å². The molecular weight excluding hydrogens is 132 g/mol. The second-order valence-corrected chi connectivity index (χ2v) is 2.40. The van der Waals surface area contributed by atoms with Crippen LogP contribution in [0.4, 0.5) is 0 Å². The molecule has 0 unspecified atom stereocenters. The van der Waals surface area contributed by atoms with Gasteiger partial charge in [-0.05, 0) is 6.92 Å². The highest BCUT2D eigenvalue weighted by Crippen LogP contribution is 1.95. The van der Waals surface area contributed by atoms with Gasteiger partial charge in [0.25, 0.3) is 0 Å². The van der Waals surface area contributed by atoms with Gasteiger partial charge in [-0.15, -0.1) is 0 Å². The molecule has 1 aromatic rings. The van der Waals surface area contributed by atoms with E-state index in [1.54, 1.807) is 0 Å². The lowest BCUT2D eigenvalue weighted by Crippen LogP contribution is -1.98. The summed E-state index contributed by atoms with van der Waals surface area (Å²) in [6, 6.07) is 0. The molecule has 3 heteroatoms. The Morgan fingerprint density at radius 2 is 2.56 bits per heavy atom. The summed E-state index contributed by atoms with van der Waals surface area (Å²) in [6.45, 7) is 2.99. The van der Waals surface area contributed by atoms with Crippen LogP contribution in [0, 0.1) is 6.92 Å². The van der Waals surface area contributed by atoms with Gasteiger partial charge in [-0.3, -0.25) is 0 Å². The highest BCUT2D eigenvalue weighted by molar-refractivity contribution is 7.80. The van der Waals surface area contributed by atoms with Crippen LogP contribution in [0.1, 0.15) is 5.69 Å². The Kier molecular flexibility index (Phi) is 2.16. The Morgan fingerprint density at radius 1 is 1.78 bits per heavy atom. The van der Waals surface area contributed by atoms with Crippen molar-refractivity contribution < 1.29 is 0 Å². The van der Waals surface area contributed by atoms with E-state index in [1.165, 1.54) is 5.69 Å². The number of aromatic nitrogens is 2. The molecule has 0 amide bonds. The van der Waals surface area contributed by atoms with E-state index >= 15 is 0 Å². The van der Waals surface area contributed by atoms with Crippen LogP contribution < -0.4 is 0 Å². The summed E-state index contributed by atoms with van der Waals surface area (Å²) >= 11 is 4.11. The monoisotopic (exact) mass is 142 g/mol. The number of hydrogen-bond acceptors (Lipinski definition) is 2. The van der Waals surface area contributed by atoms with Gasteiger partial charge in [0.15, 0.2) is 0 Å². The quantitative estimate of drug-likeness (QED) is 0.613. The summed E-state index contributed by atoms with van der Waals surface area (Å²) in [5.74, 6) is 0.872. The first kappa shape index (κ1) is 6.68. The van der Waals surface area contributed by atoms with Crippen LogP contribution in [0.25, 0.3) is 0 Å². The molecule has 2 nitrogen and oxygen atoms in total. The Bertz CT molecular complexity index is 183. The van der Waals surface area contributed by atoms with Gasteiger partial charge in [-0.2, -0.15) is 12.6 Å². The van der Waals surface area contributed by atoms with Crippen LogP contribution in [0.2, 0.25) is 0 Å². The molecule has 0 N–H and O–H groups in total. The molecule has 0 radical (unpaired) electrons. The Labute approximate surface area is 60.3 Å². The predicted octanol–water partition coefficient (Wildman–Crippen LogP) is 1.12. The minimum Gasteiger partial charge on any atom is -0.334 e. The first-order chi connectivity index (χ1) is 4.34. The maximum Gasteiger partial charge on any atom is 0.0948 e. The van der Waals surface area contributed by atoms with E-state index in [-0.39, 0.29) is 0 Å². The molecule has 0 aliphatic rings. The van der Waals surface area contributed by atoms with E-state index in [0.29, 0.717) is 0 Å². The van der Waals surface area contributed by atoms with Crippen molar-refractivity contribution in [1.82, 2.24) is 9.55 Å². The molecule has 1 aromatic heterocycles. The summed E-state index contributed by atoms with van der Waals surface area (Å²) in [4.78, 5) is 3.97. The van der Waals surface area contributed by atoms with Crippen molar-refractivity contribution in [3.8, 4) is 0 Å². The molecule has 0 aromatic carbocycles. The molecular formula is C6H10N2S. The van der Waals surface area contributed by atoms with Crippen LogP contribution in [0.5, 0.6) is 0 Å². The maximum atomic E-state index is 4.11. The number of thiol groups is 1. The van der Waals surface area contributed by atoms with Crippen LogP contribution in [-0.2, 0) is 6.54 Å². The van der Waals surface area contributed by atoms with Crippen molar-refractivity contribution >= 4 is 12.6 Å². The molecule has 0 atom stereocenters. The van der Waals surface area contributed by atoms with Crippen LogP contribution in [0.3, 0.4) is 0 Å². The van der Waals surface area contributed by atoms with Crippen molar-refractivity contribution in [1.29, 1.82) is 0 Å². The fourth-order valence-corrected chi connectivity index (χ4v) is 0.944. The van der Waals surface area contributed by atoms with E-state index in [0.717, 1.165) is 12.3 Å². The van der Waals surface area contributed by atoms with Crippen LogP contribution >= 0.6 is 12.6 Å². The summed E-state index contributed by atoms with van der Waals surface area (Å²) < 4.78 is 2.08. The van der Waals surface area contributed by atoms with Crippen molar-refractivity contribution in [2.45, 2.75) is 13.5 Å². The third kappa shape index (κ3) is 1.48. The van der Waals surface area contributed by atoms with E-state index in [9.17, 15) is 0 Å². The fourth-order valence-electron chi connectivity index (χ4n) is 0.729. The fraction of sp³-hybridized carbons (Fsp3) is 0.500. The van der Waals surface area contributed by atoms with Crippen molar-refractivity contribution in [2.24, 2.45) is 0 Å². The van der Waals surface area contributed by atoms with Gasteiger partial charge in [0.2, 0.25) is 0 Å². The zero-order valence-electron chi connectivity index (χ0n) is 5.41. The molecule has 0 bridgehead atoms. The second-order valence-electron chi connectivity index (χ2n) is 1.95. The third-order valence-electron chi connectivity index (χ3n) is 1.26. The van der Waals surface area contributed by atoms with Gasteiger partial charge in [-0.25, -0.2) is 4.98 Å². The first-order valence-electron chi connectivity index (χ1n) is 2.92. The number of imidazole rings is 1. The lowest BCUT2D eigenvalue weighted by atomic mass is 10.5. The first-order valence-corrected chi connectivity index (χ1v) is 3.55. The van der Waals surface area contributed by atoms with E-state index in [2.05, 4.69) is 22.2 Å². The third-order valence-corrected chi connectivity index (χ3v) is 1.46. The minimum atomic E-state index is 0.872. The number of nitrogens with zero attached hydrogens (tertiary/aromatic N) is 2. The summed E-state index contributed by atoms with van der Waals surface area (Å²) in [5, 5.41) is 0. The molecule has 0 saturated carbocycles. The SMILES string of the molecule is Cc1cncn1CCS. The standard InChI is InChI=1S/C6H10N2S/c1-6-4-7-5-8(6)2-3-9/h4-5,9H,2-3H2,1H3. The summed E-state index contributed by atoms with van der Waals surface area (Å²) in [5.41, 5.74) is 1.20. The van der Waals surface area contributed by atoms with E-state index < -0.39 is 0 Å². The van der Waals surface area contributed by atoms with Gasteiger partial charge < -0.3 is 4.57 Å². The molecule has 1 heterocycles. The van der Waals surface area contributed by atoms with E-state index in [4.69, 9.17) is 0 Å². The average molecular weight is 142 g/mol. The van der Waals surface area contributed by atoms with Crippen molar-refractivity contribution in [2.75, 3.05) is 5.75 Å². The Balaban J connectivity index is 2.69. The lowest BCUT2D eigenvalue weighted by Gasteiger charge is -1.98. The van der Waals surface area contributed by atoms with Gasteiger partial charge in [0, 0.05) is 24.2 Å². The molecule has 1 rings (SSSR count). The molecule has 9 heavy (non-hydrogen) atoms. The molecule has 0 fully saturated rings. The summed E-state index contributed by atoms with van der Waals surface area (Å²) in [7, 11) is 0. The molecule has 0 aliphatic heterocycles. The molecule has 0 aliphatic carbocycles. The number of aryl methyl sites for hydroxylation is 2. The van der Waals surface area contributed by atoms with Crippen molar-refractivity contribution in [3.05, 3.63) is 18.2 Å². The topological polar surface area (TPSA) is 17.8 Å². The van der Waals surface area contributed by atoms with Gasteiger partial charge in [0.05, 0.1) is 6.33 Å². The van der Waals surface area contributed by atoms with Crippen molar-refractivity contribution in [3.63, 3.8) is 0 Å².